The zero-order chi connectivity index (χ0) is 10.2. The van der Waals surface area contributed by atoms with E-state index in [-0.39, 0.29) is 6.10 Å². The van der Waals surface area contributed by atoms with Crippen molar-refractivity contribution in [3.8, 4) is 0 Å². The first kappa shape index (κ1) is 9.40. The van der Waals surface area contributed by atoms with E-state index in [1.54, 1.807) is 18.3 Å². The molecule has 14 heavy (non-hydrogen) atoms. The summed E-state index contributed by atoms with van der Waals surface area (Å²) < 4.78 is 0. The van der Waals surface area contributed by atoms with Crippen LogP contribution >= 0.6 is 0 Å². The summed E-state index contributed by atoms with van der Waals surface area (Å²) in [5.74, 6) is 0. The van der Waals surface area contributed by atoms with Crippen molar-refractivity contribution in [2.24, 2.45) is 0 Å². The summed E-state index contributed by atoms with van der Waals surface area (Å²) in [4.78, 5) is 4.54. The average molecular weight is 191 g/mol. The van der Waals surface area contributed by atoms with E-state index >= 15 is 0 Å². The number of hydroxylamine groups is 2. The third-order valence-electron chi connectivity index (χ3n) is 2.45. The fraction of sp³-hybridized carbons (Fsp3) is 0.273. The lowest BCUT2D eigenvalue weighted by Crippen LogP contribution is -2.35. The molecule has 0 fully saturated rings. The first-order valence-electron chi connectivity index (χ1n) is 4.65. The smallest absolute Gasteiger partial charge is 0.170 e. The summed E-state index contributed by atoms with van der Waals surface area (Å²) >= 11 is 0. The summed E-state index contributed by atoms with van der Waals surface area (Å²) in [7, 11) is 0. The molecule has 1 aromatic rings. The highest BCUT2D eigenvalue weighted by Gasteiger charge is 2.31. The van der Waals surface area contributed by atoms with Gasteiger partial charge in [0.05, 0.1) is 0 Å². The van der Waals surface area contributed by atoms with Crippen molar-refractivity contribution in [2.45, 2.75) is 20.0 Å². The molecule has 0 saturated heterocycles. The van der Waals surface area contributed by atoms with E-state index in [1.807, 2.05) is 32.0 Å². The molecule has 0 saturated carbocycles. The summed E-state index contributed by atoms with van der Waals surface area (Å²) in [6, 6.07) is 9.10. The van der Waals surface area contributed by atoms with Gasteiger partial charge in [-0.3, -0.25) is 0 Å². The van der Waals surface area contributed by atoms with Crippen LogP contribution in [0.1, 0.15) is 13.8 Å². The molecule has 0 spiro atoms. The van der Waals surface area contributed by atoms with Crippen molar-refractivity contribution in [3.63, 3.8) is 0 Å². The lowest BCUT2D eigenvalue weighted by atomic mass is 10.2. The Hall–Kier alpha value is -1.16. The fourth-order valence-corrected chi connectivity index (χ4v) is 1.49. The maximum atomic E-state index is 12.2. The molecular formula is C11H13NO2. The lowest BCUT2D eigenvalue weighted by molar-refractivity contribution is -0.0796. The standard InChI is InChI=1S/C11H13NO2/c1-9-8-12(13,14-10(9)2)11-6-4-3-5-7-11/h3-8,10H,1-2H3. The van der Waals surface area contributed by atoms with E-state index in [0.29, 0.717) is 5.69 Å². The minimum atomic E-state index is -0.798. The molecule has 3 heteroatoms. The molecule has 0 radical (unpaired) electrons. The average Bonchev–Trinajstić information content (AvgIpc) is 2.44. The van der Waals surface area contributed by atoms with Crippen LogP contribution < -0.4 is 4.81 Å². The van der Waals surface area contributed by atoms with E-state index < -0.39 is 4.81 Å². The number of para-hydroxylation sites is 1. The van der Waals surface area contributed by atoms with Gasteiger partial charge in [-0.05, 0) is 13.8 Å². The van der Waals surface area contributed by atoms with Gasteiger partial charge in [0.15, 0.2) is 5.69 Å². The van der Waals surface area contributed by atoms with Crippen molar-refractivity contribution < 1.29 is 4.84 Å². The van der Waals surface area contributed by atoms with Gasteiger partial charge in [-0.25, -0.2) is 0 Å². The zero-order valence-corrected chi connectivity index (χ0v) is 8.31. The highest BCUT2D eigenvalue weighted by atomic mass is 16.9. The molecule has 2 atom stereocenters. The molecule has 2 rings (SSSR count). The Morgan fingerprint density at radius 1 is 1.29 bits per heavy atom. The van der Waals surface area contributed by atoms with Crippen LogP contribution in [0, 0.1) is 5.21 Å². The Morgan fingerprint density at radius 2 is 1.93 bits per heavy atom. The van der Waals surface area contributed by atoms with Crippen molar-refractivity contribution in [1.82, 2.24) is 4.81 Å². The predicted molar refractivity (Wildman–Crippen MR) is 55.9 cm³/mol. The monoisotopic (exact) mass is 191 g/mol. The first-order chi connectivity index (χ1) is 6.62. The van der Waals surface area contributed by atoms with Crippen molar-refractivity contribution in [3.05, 3.63) is 47.3 Å². The molecule has 1 aliphatic heterocycles. The normalized spacial score (nSPS) is 31.6. The molecular weight excluding hydrogens is 178 g/mol. The Balaban J connectivity index is 2.37. The Kier molecular flexibility index (Phi) is 2.15. The second-order valence-electron chi connectivity index (χ2n) is 3.55. The topological polar surface area (TPSA) is 32.3 Å². The summed E-state index contributed by atoms with van der Waals surface area (Å²) in [6.07, 6.45) is 1.49. The van der Waals surface area contributed by atoms with E-state index in [9.17, 15) is 5.21 Å². The van der Waals surface area contributed by atoms with Crippen molar-refractivity contribution in [1.29, 1.82) is 0 Å². The second kappa shape index (κ2) is 3.20. The van der Waals surface area contributed by atoms with E-state index in [2.05, 4.69) is 0 Å². The Labute approximate surface area is 83.3 Å². The molecule has 74 valence electrons. The molecule has 0 bridgehead atoms. The van der Waals surface area contributed by atoms with Crippen LogP contribution in [-0.2, 0) is 4.84 Å². The zero-order valence-electron chi connectivity index (χ0n) is 8.31. The largest absolute Gasteiger partial charge is 0.588 e. The molecule has 2 unspecified atom stereocenters. The number of rotatable bonds is 1. The number of hydrogen-bond acceptors (Lipinski definition) is 2. The Morgan fingerprint density at radius 3 is 2.43 bits per heavy atom. The third kappa shape index (κ3) is 1.46. The van der Waals surface area contributed by atoms with Gasteiger partial charge in [-0.2, -0.15) is 9.65 Å². The summed E-state index contributed by atoms with van der Waals surface area (Å²) in [5, 5.41) is 12.2. The van der Waals surface area contributed by atoms with Crippen LogP contribution in [0.2, 0.25) is 0 Å². The molecule has 0 aromatic heterocycles. The minimum Gasteiger partial charge on any atom is -0.588 e. The van der Waals surface area contributed by atoms with Crippen LogP contribution in [0.3, 0.4) is 0 Å². The van der Waals surface area contributed by atoms with Gasteiger partial charge >= 0.3 is 0 Å². The maximum Gasteiger partial charge on any atom is 0.170 e. The second-order valence-corrected chi connectivity index (χ2v) is 3.55. The van der Waals surface area contributed by atoms with E-state index in [4.69, 9.17) is 4.84 Å². The quantitative estimate of drug-likeness (QED) is 0.505. The van der Waals surface area contributed by atoms with E-state index in [1.165, 1.54) is 0 Å². The van der Waals surface area contributed by atoms with Crippen LogP contribution in [0.25, 0.3) is 0 Å². The molecule has 1 aromatic carbocycles. The Bertz CT molecular complexity index is 361. The van der Waals surface area contributed by atoms with Gasteiger partial charge in [-0.1, -0.05) is 18.2 Å². The summed E-state index contributed by atoms with van der Waals surface area (Å²) in [6.45, 7) is 3.79. The van der Waals surface area contributed by atoms with Gasteiger partial charge in [0.25, 0.3) is 0 Å². The van der Waals surface area contributed by atoms with Gasteiger partial charge in [0.1, 0.15) is 12.3 Å². The van der Waals surface area contributed by atoms with Crippen LogP contribution in [0.5, 0.6) is 0 Å². The SMILES string of the molecule is CC1=C[N+]([O-])(c2ccccc2)OC1C. The molecule has 1 aliphatic rings. The minimum absolute atomic E-state index is 0.104. The molecule has 0 aliphatic carbocycles. The van der Waals surface area contributed by atoms with Crippen LogP contribution in [-0.4, -0.2) is 6.10 Å². The predicted octanol–water partition coefficient (Wildman–Crippen LogP) is 2.73. The van der Waals surface area contributed by atoms with Gasteiger partial charge in [0, 0.05) is 17.7 Å². The molecule has 3 nitrogen and oxygen atoms in total. The third-order valence-corrected chi connectivity index (χ3v) is 2.45. The number of quaternary nitrogens is 1. The number of hydrogen-bond donors (Lipinski definition) is 0. The first-order valence-corrected chi connectivity index (χ1v) is 4.65. The van der Waals surface area contributed by atoms with Gasteiger partial charge in [-0.15, -0.1) is 0 Å². The summed E-state index contributed by atoms with van der Waals surface area (Å²) in [5.41, 5.74) is 1.58. The van der Waals surface area contributed by atoms with Crippen molar-refractivity contribution >= 4 is 5.69 Å². The van der Waals surface area contributed by atoms with Crippen LogP contribution in [0.15, 0.2) is 42.1 Å². The maximum absolute atomic E-state index is 12.2. The van der Waals surface area contributed by atoms with Gasteiger partial charge < -0.3 is 5.21 Å². The number of nitrogens with zero attached hydrogens (tertiary/aromatic N) is 1. The highest BCUT2D eigenvalue weighted by molar-refractivity contribution is 5.45. The lowest BCUT2D eigenvalue weighted by Gasteiger charge is -2.31. The molecule has 0 N–H and O–H groups in total. The number of benzene rings is 1. The van der Waals surface area contributed by atoms with Crippen molar-refractivity contribution in [2.75, 3.05) is 0 Å². The molecule has 0 amide bonds. The van der Waals surface area contributed by atoms with E-state index in [0.717, 1.165) is 5.57 Å². The van der Waals surface area contributed by atoms with Gasteiger partial charge in [0.2, 0.25) is 0 Å². The molecule has 1 heterocycles. The fourth-order valence-electron chi connectivity index (χ4n) is 1.49. The highest BCUT2D eigenvalue weighted by Crippen LogP contribution is 2.31. The van der Waals surface area contributed by atoms with Crippen LogP contribution in [0.4, 0.5) is 5.69 Å².